The molecule has 0 aliphatic rings. The van der Waals surface area contributed by atoms with E-state index in [0.29, 0.717) is 24.3 Å². The van der Waals surface area contributed by atoms with Crippen molar-refractivity contribution in [3.8, 4) is 17.0 Å². The van der Waals surface area contributed by atoms with Gasteiger partial charge in [-0.1, -0.05) is 6.07 Å². The molecule has 0 amide bonds. The molecule has 9 heteroatoms. The number of nitrogens with zero attached hydrogens (tertiary/aromatic N) is 1. The van der Waals surface area contributed by atoms with Crippen molar-refractivity contribution in [3.05, 3.63) is 66.6 Å². The van der Waals surface area contributed by atoms with Crippen molar-refractivity contribution in [2.24, 2.45) is 5.73 Å². The number of hydrogen-bond acceptors (Lipinski definition) is 6. The van der Waals surface area contributed by atoms with Gasteiger partial charge in [0, 0.05) is 30.5 Å². The average molecular weight is 416 g/mol. The Morgan fingerprint density at radius 2 is 1.90 bits per heavy atom. The molecule has 0 saturated carbocycles. The van der Waals surface area contributed by atoms with Gasteiger partial charge in [0.25, 0.3) is 10.0 Å². The van der Waals surface area contributed by atoms with Gasteiger partial charge in [0.15, 0.2) is 0 Å². The van der Waals surface area contributed by atoms with E-state index < -0.39 is 15.8 Å². The second-order valence-corrected chi connectivity index (χ2v) is 7.75. The summed E-state index contributed by atoms with van der Waals surface area (Å²) in [6.07, 6.45) is 1.44. The van der Waals surface area contributed by atoms with Gasteiger partial charge < -0.3 is 15.8 Å². The minimum absolute atomic E-state index is 0.0552. The highest BCUT2D eigenvalue weighted by atomic mass is 32.2. The Morgan fingerprint density at radius 3 is 2.62 bits per heavy atom. The molecule has 0 bridgehead atoms. The summed E-state index contributed by atoms with van der Waals surface area (Å²) in [7, 11) is -2.65. The van der Waals surface area contributed by atoms with Crippen molar-refractivity contribution < 1.29 is 17.5 Å². The summed E-state index contributed by atoms with van der Waals surface area (Å²) < 4.78 is 47.9. The summed E-state index contributed by atoms with van der Waals surface area (Å²) in [4.78, 5) is 3.88. The first-order valence-corrected chi connectivity index (χ1v) is 10.3. The van der Waals surface area contributed by atoms with Crippen LogP contribution in [0.4, 0.5) is 15.8 Å². The van der Waals surface area contributed by atoms with E-state index in [-0.39, 0.29) is 16.3 Å². The van der Waals surface area contributed by atoms with Crippen LogP contribution in [0.25, 0.3) is 11.3 Å². The molecule has 0 radical (unpaired) electrons. The molecule has 0 spiro atoms. The van der Waals surface area contributed by atoms with Crippen LogP contribution in [0.3, 0.4) is 0 Å². The van der Waals surface area contributed by atoms with Crippen LogP contribution in [0.5, 0.6) is 5.75 Å². The van der Waals surface area contributed by atoms with Gasteiger partial charge in [0.1, 0.15) is 22.2 Å². The molecule has 0 atom stereocenters. The van der Waals surface area contributed by atoms with Crippen LogP contribution in [0.15, 0.2) is 65.7 Å². The maximum Gasteiger partial charge on any atom is 0.265 e. The third-order valence-electron chi connectivity index (χ3n) is 4.07. The minimum Gasteiger partial charge on any atom is -0.495 e. The van der Waals surface area contributed by atoms with E-state index in [1.165, 1.54) is 37.6 Å². The van der Waals surface area contributed by atoms with Crippen molar-refractivity contribution in [3.63, 3.8) is 0 Å². The van der Waals surface area contributed by atoms with Crippen LogP contribution < -0.4 is 20.5 Å². The molecule has 7 nitrogen and oxygen atoms in total. The maximum atomic E-state index is 14.1. The smallest absolute Gasteiger partial charge is 0.265 e. The van der Waals surface area contributed by atoms with E-state index in [9.17, 15) is 12.8 Å². The second-order valence-electron chi connectivity index (χ2n) is 6.10. The van der Waals surface area contributed by atoms with Gasteiger partial charge in [0.2, 0.25) is 0 Å². The topological polar surface area (TPSA) is 106 Å². The van der Waals surface area contributed by atoms with Crippen LogP contribution in [0, 0.1) is 5.82 Å². The number of nitrogens with one attached hydrogen (secondary N) is 2. The van der Waals surface area contributed by atoms with Gasteiger partial charge in [-0.2, -0.15) is 0 Å². The SMILES string of the molecule is COc1ccc(-c2ncccc2F)cc1S(=O)(=O)Nc1cccc(NCCN)c1. The largest absolute Gasteiger partial charge is 0.495 e. The number of pyridine rings is 1. The summed E-state index contributed by atoms with van der Waals surface area (Å²) in [6, 6.07) is 13.9. The number of halogens is 1. The highest BCUT2D eigenvalue weighted by Crippen LogP contribution is 2.31. The normalized spacial score (nSPS) is 11.1. The molecule has 4 N–H and O–H groups in total. The molecule has 29 heavy (non-hydrogen) atoms. The van der Waals surface area contributed by atoms with Gasteiger partial charge in [-0.3, -0.25) is 9.71 Å². The molecule has 0 fully saturated rings. The van der Waals surface area contributed by atoms with Gasteiger partial charge in [-0.05, 0) is 48.5 Å². The van der Waals surface area contributed by atoms with E-state index in [1.54, 1.807) is 30.3 Å². The average Bonchev–Trinajstić information content (AvgIpc) is 2.72. The Labute approximate surface area is 168 Å². The molecule has 0 aliphatic heterocycles. The number of anilines is 2. The lowest BCUT2D eigenvalue weighted by Crippen LogP contribution is -2.15. The van der Waals surface area contributed by atoms with Gasteiger partial charge in [-0.25, -0.2) is 12.8 Å². The zero-order valence-corrected chi connectivity index (χ0v) is 16.5. The molecule has 0 aliphatic carbocycles. The summed E-state index contributed by atoms with van der Waals surface area (Å²) in [5.74, 6) is -0.414. The first kappa shape index (κ1) is 20.6. The molecular weight excluding hydrogens is 395 g/mol. The van der Waals surface area contributed by atoms with Gasteiger partial charge in [-0.15, -0.1) is 0 Å². The van der Waals surface area contributed by atoms with Crippen molar-refractivity contribution in [1.82, 2.24) is 4.98 Å². The number of hydrogen-bond donors (Lipinski definition) is 3. The van der Waals surface area contributed by atoms with Crippen molar-refractivity contribution in [2.45, 2.75) is 4.90 Å². The number of rotatable bonds is 8. The fraction of sp³-hybridized carbons (Fsp3) is 0.150. The lowest BCUT2D eigenvalue weighted by Gasteiger charge is -2.14. The minimum atomic E-state index is -4.01. The molecule has 2 aromatic carbocycles. The zero-order chi connectivity index (χ0) is 20.9. The Bertz CT molecular complexity index is 1110. The Hall–Kier alpha value is -3.17. The first-order valence-electron chi connectivity index (χ1n) is 8.80. The van der Waals surface area contributed by atoms with Crippen molar-refractivity contribution >= 4 is 21.4 Å². The first-order chi connectivity index (χ1) is 13.9. The predicted molar refractivity (Wildman–Crippen MR) is 111 cm³/mol. The van der Waals surface area contributed by atoms with Crippen LogP contribution >= 0.6 is 0 Å². The Kier molecular flexibility index (Phi) is 6.30. The molecule has 3 aromatic rings. The van der Waals surface area contributed by atoms with Crippen LogP contribution in [-0.4, -0.2) is 33.6 Å². The van der Waals surface area contributed by atoms with Gasteiger partial charge in [0.05, 0.1) is 12.8 Å². The summed E-state index contributed by atoms with van der Waals surface area (Å²) in [5, 5.41) is 3.09. The highest BCUT2D eigenvalue weighted by molar-refractivity contribution is 7.92. The quantitative estimate of drug-likeness (QED) is 0.521. The summed E-state index contributed by atoms with van der Waals surface area (Å²) in [5.41, 5.74) is 6.95. The number of benzene rings is 2. The molecule has 0 unspecified atom stereocenters. The maximum absolute atomic E-state index is 14.1. The van der Waals surface area contributed by atoms with E-state index in [2.05, 4.69) is 15.0 Å². The monoisotopic (exact) mass is 416 g/mol. The second kappa shape index (κ2) is 8.89. The van der Waals surface area contributed by atoms with Gasteiger partial charge >= 0.3 is 0 Å². The van der Waals surface area contributed by atoms with E-state index in [1.807, 2.05) is 0 Å². The van der Waals surface area contributed by atoms with Crippen LogP contribution in [0.2, 0.25) is 0 Å². The number of aromatic nitrogens is 1. The van der Waals surface area contributed by atoms with E-state index >= 15 is 0 Å². The fourth-order valence-corrected chi connectivity index (χ4v) is 4.00. The van der Waals surface area contributed by atoms with E-state index in [4.69, 9.17) is 10.5 Å². The third-order valence-corrected chi connectivity index (χ3v) is 5.48. The zero-order valence-electron chi connectivity index (χ0n) is 15.7. The molecule has 152 valence electrons. The summed E-state index contributed by atoms with van der Waals surface area (Å²) in [6.45, 7) is 1.01. The molecular formula is C20H21FN4O3S. The van der Waals surface area contributed by atoms with Crippen molar-refractivity contribution in [1.29, 1.82) is 0 Å². The van der Waals surface area contributed by atoms with Crippen LogP contribution in [-0.2, 0) is 10.0 Å². The fourth-order valence-electron chi connectivity index (χ4n) is 2.75. The standard InChI is InChI=1S/C20H21FN4O3S/c1-28-18-8-7-14(20-17(21)6-3-10-24-20)12-19(18)29(26,27)25-16-5-2-4-15(13-16)23-11-9-22/h2-8,10,12-13,23,25H,9,11,22H2,1H3. The molecule has 1 heterocycles. The van der Waals surface area contributed by atoms with E-state index in [0.717, 1.165) is 5.69 Å². The van der Waals surface area contributed by atoms with Crippen LogP contribution in [0.1, 0.15) is 0 Å². The van der Waals surface area contributed by atoms with Crippen molar-refractivity contribution in [2.75, 3.05) is 30.2 Å². The third kappa shape index (κ3) is 4.82. The molecule has 0 saturated heterocycles. The number of methoxy groups -OCH3 is 1. The highest BCUT2D eigenvalue weighted by Gasteiger charge is 2.22. The predicted octanol–water partition coefficient (Wildman–Crippen LogP) is 3.07. The number of nitrogens with two attached hydrogens (primary N) is 1. The Morgan fingerprint density at radius 1 is 1.10 bits per heavy atom. The number of ether oxygens (including phenoxy) is 1. The lowest BCUT2D eigenvalue weighted by atomic mass is 10.1. The number of sulfonamides is 1. The Balaban J connectivity index is 1.98. The summed E-state index contributed by atoms with van der Waals surface area (Å²) >= 11 is 0. The molecule has 3 rings (SSSR count). The molecule has 1 aromatic heterocycles. The lowest BCUT2D eigenvalue weighted by molar-refractivity contribution is 0.403.